The quantitative estimate of drug-likeness (QED) is 0.788. The van der Waals surface area contributed by atoms with E-state index in [4.69, 9.17) is 15.2 Å². The molecule has 1 aliphatic rings. The number of nitrogens with zero attached hydrogens (tertiary/aromatic N) is 1. The average Bonchev–Trinajstić information content (AvgIpc) is 2.50. The van der Waals surface area contributed by atoms with E-state index in [9.17, 15) is 18.3 Å². The maximum Gasteiger partial charge on any atom is 0.433 e. The van der Waals surface area contributed by atoms with Gasteiger partial charge in [-0.15, -0.1) is 17.0 Å². The van der Waals surface area contributed by atoms with Gasteiger partial charge >= 0.3 is 6.18 Å². The Hall–Kier alpha value is -2.00. The highest BCUT2D eigenvalue weighted by Crippen LogP contribution is 2.45. The van der Waals surface area contributed by atoms with Gasteiger partial charge in [0.1, 0.15) is 11.4 Å². The van der Waals surface area contributed by atoms with Crippen LogP contribution in [0.25, 0.3) is 0 Å². The highest BCUT2D eigenvalue weighted by Gasteiger charge is 2.32. The lowest BCUT2D eigenvalue weighted by Gasteiger charge is -2.24. The molecule has 0 radical (unpaired) electrons. The molecule has 0 aliphatic carbocycles. The maximum atomic E-state index is 12.5. The molecule has 0 fully saturated rings. The molecular formula is C15H14BrF3N2O3. The first-order valence-electron chi connectivity index (χ1n) is 6.81. The summed E-state index contributed by atoms with van der Waals surface area (Å²) in [5.41, 5.74) is 5.57. The van der Waals surface area contributed by atoms with Crippen molar-refractivity contribution < 1.29 is 27.8 Å². The van der Waals surface area contributed by atoms with Crippen LogP contribution in [0.5, 0.6) is 23.0 Å². The van der Waals surface area contributed by atoms with Crippen molar-refractivity contribution in [3.8, 4) is 23.0 Å². The summed E-state index contributed by atoms with van der Waals surface area (Å²) in [4.78, 5) is 3.29. The lowest BCUT2D eigenvalue weighted by Crippen LogP contribution is -2.20. The van der Waals surface area contributed by atoms with Gasteiger partial charge in [-0.25, -0.2) is 4.98 Å². The van der Waals surface area contributed by atoms with Gasteiger partial charge in [0.25, 0.3) is 0 Å². The van der Waals surface area contributed by atoms with E-state index in [1.807, 2.05) is 0 Å². The Morgan fingerprint density at radius 1 is 1.25 bits per heavy atom. The van der Waals surface area contributed by atoms with Gasteiger partial charge in [-0.1, -0.05) is 0 Å². The summed E-state index contributed by atoms with van der Waals surface area (Å²) < 4.78 is 48.2. The van der Waals surface area contributed by atoms with Crippen LogP contribution in [0, 0.1) is 0 Å². The third-order valence-corrected chi connectivity index (χ3v) is 3.45. The number of hydrogen-bond acceptors (Lipinski definition) is 5. The number of phenolic OH excluding ortho intramolecular Hbond substituents is 1. The van der Waals surface area contributed by atoms with E-state index in [2.05, 4.69) is 4.98 Å². The van der Waals surface area contributed by atoms with Crippen molar-refractivity contribution in [3.63, 3.8) is 0 Å². The molecule has 1 atom stereocenters. The van der Waals surface area contributed by atoms with E-state index in [0.717, 1.165) is 18.3 Å². The highest BCUT2D eigenvalue weighted by atomic mass is 79.9. The minimum Gasteiger partial charge on any atom is -0.502 e. The van der Waals surface area contributed by atoms with E-state index < -0.39 is 11.9 Å². The van der Waals surface area contributed by atoms with Crippen LogP contribution in [-0.2, 0) is 6.18 Å². The molecule has 0 saturated carbocycles. The number of pyridine rings is 1. The largest absolute Gasteiger partial charge is 0.502 e. The van der Waals surface area contributed by atoms with Crippen molar-refractivity contribution >= 4 is 17.0 Å². The van der Waals surface area contributed by atoms with E-state index in [1.165, 1.54) is 6.07 Å². The molecule has 2 aromatic rings. The Balaban J connectivity index is 0.00000208. The fraction of sp³-hybridized carbons (Fsp3) is 0.267. The van der Waals surface area contributed by atoms with Gasteiger partial charge in [0, 0.05) is 18.0 Å². The van der Waals surface area contributed by atoms with Crippen molar-refractivity contribution in [3.05, 3.63) is 41.7 Å². The van der Waals surface area contributed by atoms with Crippen molar-refractivity contribution in [2.45, 2.75) is 18.6 Å². The molecule has 1 unspecified atom stereocenters. The second-order valence-corrected chi connectivity index (χ2v) is 5.05. The fourth-order valence-electron chi connectivity index (χ4n) is 2.27. The zero-order valence-electron chi connectivity index (χ0n) is 12.2. The molecular weight excluding hydrogens is 393 g/mol. The summed E-state index contributed by atoms with van der Waals surface area (Å²) in [6.07, 6.45) is -2.94. The third-order valence-electron chi connectivity index (χ3n) is 3.45. The number of halogens is 4. The lowest BCUT2D eigenvalue weighted by atomic mass is 10.0. The van der Waals surface area contributed by atoms with Crippen LogP contribution in [0.3, 0.4) is 0 Å². The topological polar surface area (TPSA) is 77.6 Å². The summed E-state index contributed by atoms with van der Waals surface area (Å²) in [5, 5.41) is 10.2. The summed E-state index contributed by atoms with van der Waals surface area (Å²) >= 11 is 0. The molecule has 2 heterocycles. The second kappa shape index (κ2) is 6.86. The zero-order chi connectivity index (χ0) is 16.6. The molecule has 130 valence electrons. The average molecular weight is 407 g/mol. The van der Waals surface area contributed by atoms with Crippen LogP contribution in [0.15, 0.2) is 30.5 Å². The first-order valence-corrected chi connectivity index (χ1v) is 6.81. The fourth-order valence-corrected chi connectivity index (χ4v) is 2.27. The number of benzene rings is 1. The Morgan fingerprint density at radius 2 is 2.00 bits per heavy atom. The van der Waals surface area contributed by atoms with E-state index in [-0.39, 0.29) is 46.0 Å². The summed E-state index contributed by atoms with van der Waals surface area (Å²) in [5.74, 6) is 0.117. The van der Waals surface area contributed by atoms with Gasteiger partial charge in [-0.3, -0.25) is 0 Å². The lowest BCUT2D eigenvalue weighted by molar-refractivity contribution is -0.141. The standard InChI is InChI=1S/C15H13F3N2O3.BrH/c16-15(17,18)12-4-1-8(7-20-12)23-11-3-2-9-10(19)5-6-22-14(9)13(11)21;/h1-4,7,10,21H,5-6,19H2;1H. The van der Waals surface area contributed by atoms with Gasteiger partial charge in [0.05, 0.1) is 12.8 Å². The van der Waals surface area contributed by atoms with E-state index in [0.29, 0.717) is 18.6 Å². The predicted molar refractivity (Wildman–Crippen MR) is 84.8 cm³/mol. The van der Waals surface area contributed by atoms with Crippen LogP contribution in [0.1, 0.15) is 23.7 Å². The first-order chi connectivity index (χ1) is 10.9. The number of nitrogens with two attached hydrogens (primary N) is 1. The normalized spacial score (nSPS) is 16.6. The molecule has 1 aromatic heterocycles. The molecule has 1 aliphatic heterocycles. The molecule has 0 amide bonds. The Morgan fingerprint density at radius 3 is 2.62 bits per heavy atom. The minimum absolute atomic E-state index is 0. The SMILES string of the molecule is Br.NC1CCOc2c1ccc(Oc1ccc(C(F)(F)F)nc1)c2O. The molecule has 1 aromatic carbocycles. The van der Waals surface area contributed by atoms with Gasteiger partial charge in [0.15, 0.2) is 11.5 Å². The van der Waals surface area contributed by atoms with Crippen molar-refractivity contribution in [1.29, 1.82) is 0 Å². The predicted octanol–water partition coefficient (Wildman–Crippen LogP) is 3.96. The molecule has 24 heavy (non-hydrogen) atoms. The van der Waals surface area contributed by atoms with Crippen LogP contribution in [0.2, 0.25) is 0 Å². The van der Waals surface area contributed by atoms with E-state index in [1.54, 1.807) is 6.07 Å². The summed E-state index contributed by atoms with van der Waals surface area (Å²) in [6, 6.07) is 4.83. The number of aromatic nitrogens is 1. The zero-order valence-corrected chi connectivity index (χ0v) is 13.9. The number of phenols is 1. The Kier molecular flexibility index (Phi) is 5.24. The monoisotopic (exact) mass is 406 g/mol. The highest BCUT2D eigenvalue weighted by molar-refractivity contribution is 8.93. The van der Waals surface area contributed by atoms with Gasteiger partial charge < -0.3 is 20.3 Å². The van der Waals surface area contributed by atoms with Crippen LogP contribution in [-0.4, -0.2) is 16.7 Å². The smallest absolute Gasteiger partial charge is 0.433 e. The minimum atomic E-state index is -4.52. The second-order valence-electron chi connectivity index (χ2n) is 5.05. The van der Waals surface area contributed by atoms with Crippen LogP contribution >= 0.6 is 17.0 Å². The molecule has 0 saturated heterocycles. The van der Waals surface area contributed by atoms with Gasteiger partial charge in [0.2, 0.25) is 5.75 Å². The number of alkyl halides is 3. The first kappa shape index (κ1) is 18.3. The van der Waals surface area contributed by atoms with Crippen LogP contribution in [0.4, 0.5) is 13.2 Å². The van der Waals surface area contributed by atoms with Crippen molar-refractivity contribution in [2.75, 3.05) is 6.61 Å². The third kappa shape index (κ3) is 3.57. The molecule has 0 spiro atoms. The maximum absolute atomic E-state index is 12.5. The summed E-state index contributed by atoms with van der Waals surface area (Å²) in [6.45, 7) is 0.368. The van der Waals surface area contributed by atoms with Crippen molar-refractivity contribution in [1.82, 2.24) is 4.98 Å². The number of rotatable bonds is 2. The van der Waals surface area contributed by atoms with Crippen LogP contribution < -0.4 is 15.2 Å². The molecule has 9 heteroatoms. The molecule has 3 rings (SSSR count). The Bertz CT molecular complexity index is 723. The van der Waals surface area contributed by atoms with Crippen molar-refractivity contribution in [2.24, 2.45) is 5.73 Å². The summed E-state index contributed by atoms with van der Waals surface area (Å²) in [7, 11) is 0. The number of aromatic hydroxyl groups is 1. The molecule has 3 N–H and O–H groups in total. The van der Waals surface area contributed by atoms with Gasteiger partial charge in [-0.2, -0.15) is 13.2 Å². The number of hydrogen-bond donors (Lipinski definition) is 2. The Labute approximate surface area is 146 Å². The number of fused-ring (bicyclic) bond motifs is 1. The van der Waals surface area contributed by atoms with E-state index >= 15 is 0 Å². The van der Waals surface area contributed by atoms with Gasteiger partial charge in [-0.05, 0) is 24.3 Å². The molecule has 5 nitrogen and oxygen atoms in total. The number of ether oxygens (including phenoxy) is 2. The molecule has 0 bridgehead atoms.